The lowest BCUT2D eigenvalue weighted by Gasteiger charge is -2.01. The molecule has 0 fully saturated rings. The quantitative estimate of drug-likeness (QED) is 0.651. The van der Waals surface area contributed by atoms with Gasteiger partial charge in [-0.2, -0.15) is 0 Å². The highest BCUT2D eigenvalue weighted by Gasteiger charge is 2.01. The van der Waals surface area contributed by atoms with Crippen molar-refractivity contribution in [3.8, 4) is 11.8 Å². The van der Waals surface area contributed by atoms with Crippen LogP contribution in [0.4, 0.5) is 0 Å². The largest absolute Gasteiger partial charge is 0.468 e. The first-order chi connectivity index (χ1) is 8.76. The maximum Gasteiger partial charge on any atom is 0.315 e. The van der Waals surface area contributed by atoms with Gasteiger partial charge in [0.25, 0.3) is 0 Å². The normalized spacial score (nSPS) is 9.44. The molecule has 0 heterocycles. The summed E-state index contributed by atoms with van der Waals surface area (Å²) in [7, 11) is 1.39. The van der Waals surface area contributed by atoms with Crippen molar-refractivity contribution in [3.63, 3.8) is 0 Å². The van der Waals surface area contributed by atoms with Crippen molar-refractivity contribution in [1.29, 1.82) is 0 Å². The van der Waals surface area contributed by atoms with E-state index in [0.717, 1.165) is 16.9 Å². The van der Waals surface area contributed by atoms with Crippen LogP contribution >= 0.6 is 11.8 Å². The third-order valence-corrected chi connectivity index (χ3v) is 3.09. The van der Waals surface area contributed by atoms with E-state index in [4.69, 9.17) is 5.11 Å². The molecule has 18 heavy (non-hydrogen) atoms. The average molecular weight is 264 g/mol. The van der Waals surface area contributed by atoms with E-state index in [1.165, 1.54) is 18.9 Å². The summed E-state index contributed by atoms with van der Waals surface area (Å²) < 4.78 is 4.57. The Morgan fingerprint density at radius 3 is 3.06 bits per heavy atom. The molecule has 3 nitrogen and oxygen atoms in total. The maximum absolute atomic E-state index is 11.0. The van der Waals surface area contributed by atoms with Crippen LogP contribution in [-0.4, -0.2) is 30.5 Å². The molecule has 0 amide bonds. The number of esters is 1. The minimum absolute atomic E-state index is 0.0850. The Hall–Kier alpha value is -1.44. The van der Waals surface area contributed by atoms with Gasteiger partial charge >= 0.3 is 5.97 Å². The lowest BCUT2D eigenvalue weighted by molar-refractivity contribution is -0.137. The molecule has 0 aromatic heterocycles. The number of hydrogen-bond donors (Lipinski definition) is 1. The zero-order valence-electron chi connectivity index (χ0n) is 10.3. The van der Waals surface area contributed by atoms with Gasteiger partial charge in [-0.25, -0.2) is 0 Å². The topological polar surface area (TPSA) is 46.5 Å². The lowest BCUT2D eigenvalue weighted by atomic mass is 10.1. The van der Waals surface area contributed by atoms with Crippen LogP contribution in [0, 0.1) is 11.8 Å². The number of rotatable bonds is 5. The van der Waals surface area contributed by atoms with E-state index in [-0.39, 0.29) is 12.6 Å². The van der Waals surface area contributed by atoms with Crippen LogP contribution in [0.1, 0.15) is 17.5 Å². The Bertz CT molecular complexity index is 446. The van der Waals surface area contributed by atoms with Gasteiger partial charge in [-0.15, -0.1) is 11.8 Å². The van der Waals surface area contributed by atoms with Gasteiger partial charge in [0.2, 0.25) is 0 Å². The smallest absolute Gasteiger partial charge is 0.315 e. The molecule has 0 aliphatic heterocycles. The van der Waals surface area contributed by atoms with E-state index >= 15 is 0 Å². The van der Waals surface area contributed by atoms with Gasteiger partial charge in [0.05, 0.1) is 19.5 Å². The van der Waals surface area contributed by atoms with Crippen molar-refractivity contribution in [2.45, 2.75) is 12.2 Å². The van der Waals surface area contributed by atoms with Gasteiger partial charge in [0, 0.05) is 17.7 Å². The minimum Gasteiger partial charge on any atom is -0.468 e. The number of aliphatic hydroxyl groups is 1. The number of carbonyl (C=O) groups excluding carboxylic acids is 1. The van der Waals surface area contributed by atoms with Crippen molar-refractivity contribution in [2.75, 3.05) is 19.5 Å². The number of methoxy groups -OCH3 is 1. The van der Waals surface area contributed by atoms with Crippen molar-refractivity contribution >= 4 is 17.7 Å². The third kappa shape index (κ3) is 5.76. The predicted molar refractivity (Wildman–Crippen MR) is 73.2 cm³/mol. The molecule has 0 unspecified atom stereocenters. The van der Waals surface area contributed by atoms with Gasteiger partial charge < -0.3 is 9.84 Å². The molecule has 1 N–H and O–H groups in total. The second kappa shape index (κ2) is 8.62. The number of benzene rings is 1. The van der Waals surface area contributed by atoms with Crippen LogP contribution in [0.3, 0.4) is 0 Å². The van der Waals surface area contributed by atoms with Crippen LogP contribution < -0.4 is 0 Å². The zero-order chi connectivity index (χ0) is 13.2. The van der Waals surface area contributed by atoms with E-state index < -0.39 is 0 Å². The van der Waals surface area contributed by atoms with Crippen LogP contribution in [0.15, 0.2) is 24.3 Å². The molecule has 0 atom stereocenters. The van der Waals surface area contributed by atoms with Crippen molar-refractivity contribution in [2.24, 2.45) is 0 Å². The highest BCUT2D eigenvalue weighted by molar-refractivity contribution is 7.99. The lowest BCUT2D eigenvalue weighted by Crippen LogP contribution is -2.03. The summed E-state index contributed by atoms with van der Waals surface area (Å²) in [5, 5.41) is 8.64. The Labute approximate surface area is 112 Å². The molecule has 0 aliphatic rings. The molecule has 0 radical (unpaired) electrons. The van der Waals surface area contributed by atoms with Crippen molar-refractivity contribution < 1.29 is 14.6 Å². The van der Waals surface area contributed by atoms with Gasteiger partial charge in [0.1, 0.15) is 0 Å². The van der Waals surface area contributed by atoms with Gasteiger partial charge in [-0.1, -0.05) is 24.0 Å². The van der Waals surface area contributed by atoms with Crippen LogP contribution in [0.25, 0.3) is 0 Å². The Balaban J connectivity index is 2.50. The fourth-order valence-electron chi connectivity index (χ4n) is 1.27. The average Bonchev–Trinajstić information content (AvgIpc) is 2.39. The third-order valence-electron chi connectivity index (χ3n) is 2.11. The standard InChI is InChI=1S/C14H16O3S/c1-17-14(16)11-18-10-13-7-4-6-12(9-13)5-2-3-8-15/h4,6-7,9,15H,3,8,10-11H2,1H3. The molecular formula is C14H16O3S. The van der Waals surface area contributed by atoms with Gasteiger partial charge in [0.15, 0.2) is 0 Å². The SMILES string of the molecule is COC(=O)CSCc1cccc(C#CCCO)c1. The van der Waals surface area contributed by atoms with E-state index in [1.54, 1.807) is 0 Å². The minimum atomic E-state index is -0.209. The number of carbonyl (C=O) groups is 1. The van der Waals surface area contributed by atoms with Crippen LogP contribution in [0.2, 0.25) is 0 Å². The molecular weight excluding hydrogens is 248 g/mol. The maximum atomic E-state index is 11.0. The van der Waals surface area contributed by atoms with E-state index in [0.29, 0.717) is 12.2 Å². The summed E-state index contributed by atoms with van der Waals surface area (Å²) >= 11 is 1.51. The zero-order valence-corrected chi connectivity index (χ0v) is 11.1. The Morgan fingerprint density at radius 1 is 1.50 bits per heavy atom. The summed E-state index contributed by atoms with van der Waals surface area (Å²) in [5.74, 6) is 6.77. The molecule has 1 aromatic rings. The molecule has 96 valence electrons. The molecule has 0 bridgehead atoms. The molecule has 1 aromatic carbocycles. The predicted octanol–water partition coefficient (Wildman–Crippen LogP) is 1.83. The highest BCUT2D eigenvalue weighted by atomic mass is 32.2. The summed E-state index contributed by atoms with van der Waals surface area (Å²) in [6.07, 6.45) is 0.487. The van der Waals surface area contributed by atoms with Gasteiger partial charge in [-0.3, -0.25) is 4.79 Å². The fraction of sp³-hybridized carbons (Fsp3) is 0.357. The second-order valence-corrected chi connectivity index (χ2v) is 4.53. The number of ether oxygens (including phenoxy) is 1. The molecule has 0 saturated carbocycles. The molecule has 0 spiro atoms. The fourth-order valence-corrected chi connectivity index (χ4v) is 2.07. The Morgan fingerprint density at radius 2 is 2.33 bits per heavy atom. The monoisotopic (exact) mass is 264 g/mol. The number of thioether (sulfide) groups is 1. The molecule has 0 aliphatic carbocycles. The first-order valence-corrected chi connectivity index (χ1v) is 6.75. The second-order valence-electron chi connectivity index (χ2n) is 3.54. The molecule has 4 heteroatoms. The summed E-state index contributed by atoms with van der Waals surface area (Å²) in [4.78, 5) is 11.0. The summed E-state index contributed by atoms with van der Waals surface area (Å²) in [6.45, 7) is 0.0850. The van der Waals surface area contributed by atoms with E-state index in [1.807, 2.05) is 24.3 Å². The van der Waals surface area contributed by atoms with E-state index in [9.17, 15) is 4.79 Å². The first kappa shape index (κ1) is 14.6. The summed E-state index contributed by atoms with van der Waals surface area (Å²) in [5.41, 5.74) is 2.05. The van der Waals surface area contributed by atoms with Crippen LogP contribution in [-0.2, 0) is 15.3 Å². The Kier molecular flexibility index (Phi) is 7.00. The van der Waals surface area contributed by atoms with Crippen molar-refractivity contribution in [1.82, 2.24) is 0 Å². The van der Waals surface area contributed by atoms with Gasteiger partial charge in [-0.05, 0) is 17.7 Å². The number of aliphatic hydroxyl groups excluding tert-OH is 1. The van der Waals surface area contributed by atoms with Crippen molar-refractivity contribution in [3.05, 3.63) is 35.4 Å². The number of hydrogen-bond acceptors (Lipinski definition) is 4. The summed E-state index contributed by atoms with van der Waals surface area (Å²) in [6, 6.07) is 7.87. The molecule has 1 rings (SSSR count). The molecule has 0 saturated heterocycles. The van der Waals surface area contributed by atoms with E-state index in [2.05, 4.69) is 16.6 Å². The van der Waals surface area contributed by atoms with Crippen LogP contribution in [0.5, 0.6) is 0 Å². The first-order valence-electron chi connectivity index (χ1n) is 5.59. The highest BCUT2D eigenvalue weighted by Crippen LogP contribution is 2.13.